The van der Waals surface area contributed by atoms with Gasteiger partial charge in [-0.25, -0.2) is 0 Å². The number of ether oxygens (including phenoxy) is 1. The van der Waals surface area contributed by atoms with E-state index in [9.17, 15) is 0 Å². The first kappa shape index (κ1) is 22.6. The van der Waals surface area contributed by atoms with Crippen LogP contribution in [0.1, 0.15) is 18.4 Å². The zero-order valence-electron chi connectivity index (χ0n) is 17.3. The lowest BCUT2D eigenvalue weighted by Gasteiger charge is -2.32. The first-order chi connectivity index (χ1) is 14.3. The fourth-order valence-corrected chi connectivity index (χ4v) is 4.01. The summed E-state index contributed by atoms with van der Waals surface area (Å²) in [5.41, 5.74) is 14.2. The third-order valence-corrected chi connectivity index (χ3v) is 6.14. The Balaban J connectivity index is 1.66. The fraction of sp³-hybridized carbons (Fsp3) is 0.476. The highest BCUT2D eigenvalue weighted by Crippen LogP contribution is 2.25. The molecule has 0 aromatic heterocycles. The molecular weight excluding hydrogens is 423 g/mol. The van der Waals surface area contributed by atoms with Crippen molar-refractivity contribution in [1.29, 1.82) is 5.41 Å². The maximum atomic E-state index is 8.22. The SMILES string of the molecule is CN1CCC(COC(=N)/C(N)=C/C2=C(N)NCCN2Cc2cc(Cl)ccc2Cl)CC1. The van der Waals surface area contributed by atoms with Crippen molar-refractivity contribution in [2.24, 2.45) is 17.4 Å². The molecule has 1 aromatic rings. The van der Waals surface area contributed by atoms with Gasteiger partial charge in [-0.2, -0.15) is 0 Å². The molecule has 1 saturated heterocycles. The molecule has 0 unspecified atom stereocenters. The van der Waals surface area contributed by atoms with E-state index in [1.54, 1.807) is 18.2 Å². The second kappa shape index (κ2) is 10.3. The van der Waals surface area contributed by atoms with Gasteiger partial charge in [-0.05, 0) is 68.7 Å². The van der Waals surface area contributed by atoms with Crippen LogP contribution in [-0.2, 0) is 11.3 Å². The predicted molar refractivity (Wildman–Crippen MR) is 122 cm³/mol. The smallest absolute Gasteiger partial charge is 0.229 e. The fourth-order valence-electron chi connectivity index (χ4n) is 3.64. The minimum absolute atomic E-state index is 0.0273. The highest BCUT2D eigenvalue weighted by atomic mass is 35.5. The number of allylic oxidation sites excluding steroid dienone is 1. The van der Waals surface area contributed by atoms with Crippen molar-refractivity contribution in [3.05, 3.63) is 57.1 Å². The van der Waals surface area contributed by atoms with Gasteiger partial charge < -0.3 is 31.3 Å². The van der Waals surface area contributed by atoms with E-state index in [2.05, 4.69) is 22.2 Å². The average Bonchev–Trinajstić information content (AvgIpc) is 2.72. The molecule has 2 heterocycles. The van der Waals surface area contributed by atoms with Crippen molar-refractivity contribution < 1.29 is 4.74 Å². The molecule has 0 bridgehead atoms. The summed E-state index contributed by atoms with van der Waals surface area (Å²) in [7, 11) is 2.12. The summed E-state index contributed by atoms with van der Waals surface area (Å²) in [6.07, 6.45) is 3.84. The number of hydrogen-bond acceptors (Lipinski definition) is 7. The van der Waals surface area contributed by atoms with Crippen LogP contribution in [0.4, 0.5) is 0 Å². The van der Waals surface area contributed by atoms with Crippen LogP contribution in [0.15, 0.2) is 41.5 Å². The standard InChI is InChI=1S/C21H30Cl2N6O/c1-28-7-4-14(5-8-28)13-30-21(26)18(24)11-19-20(25)27-6-9-29(19)12-15-10-16(22)2-3-17(15)23/h2-3,10-11,14,26-27H,4-9,12-13,24-25H2,1H3/b18-11-,26-21?. The lowest BCUT2D eigenvalue weighted by atomic mass is 9.98. The highest BCUT2D eigenvalue weighted by Gasteiger charge is 2.21. The van der Waals surface area contributed by atoms with Crippen LogP contribution < -0.4 is 16.8 Å². The maximum absolute atomic E-state index is 8.22. The summed E-state index contributed by atoms with van der Waals surface area (Å²) in [5, 5.41) is 12.6. The van der Waals surface area contributed by atoms with Gasteiger partial charge in [0, 0.05) is 29.7 Å². The van der Waals surface area contributed by atoms with Gasteiger partial charge in [-0.1, -0.05) is 23.2 Å². The molecule has 1 fully saturated rings. The first-order valence-electron chi connectivity index (χ1n) is 10.1. The Morgan fingerprint density at radius 1 is 1.30 bits per heavy atom. The van der Waals surface area contributed by atoms with Crippen LogP contribution in [-0.4, -0.2) is 55.5 Å². The minimum atomic E-state index is -0.0273. The number of halogens is 2. The Kier molecular flexibility index (Phi) is 7.75. The molecule has 3 rings (SSSR count). The van der Waals surface area contributed by atoms with Gasteiger partial charge in [-0.15, -0.1) is 0 Å². The van der Waals surface area contributed by atoms with Gasteiger partial charge in [-0.3, -0.25) is 5.41 Å². The summed E-state index contributed by atoms with van der Waals surface area (Å²) in [4.78, 5) is 4.38. The van der Waals surface area contributed by atoms with E-state index in [1.165, 1.54) is 0 Å². The molecule has 0 aliphatic carbocycles. The molecule has 7 nitrogen and oxygen atoms in total. The van der Waals surface area contributed by atoms with Gasteiger partial charge in [0.15, 0.2) is 0 Å². The van der Waals surface area contributed by atoms with Crippen molar-refractivity contribution in [2.75, 3.05) is 39.8 Å². The van der Waals surface area contributed by atoms with Gasteiger partial charge >= 0.3 is 0 Å². The molecule has 164 valence electrons. The summed E-state index contributed by atoms with van der Waals surface area (Å²) >= 11 is 12.5. The zero-order valence-corrected chi connectivity index (χ0v) is 18.8. The number of nitrogens with two attached hydrogens (primary N) is 2. The normalized spacial score (nSPS) is 19.0. The van der Waals surface area contributed by atoms with Gasteiger partial charge in [0.1, 0.15) is 5.82 Å². The third kappa shape index (κ3) is 5.97. The summed E-state index contributed by atoms with van der Waals surface area (Å²) < 4.78 is 5.67. The summed E-state index contributed by atoms with van der Waals surface area (Å²) in [6, 6.07) is 5.39. The van der Waals surface area contributed by atoms with Crippen molar-refractivity contribution in [3.8, 4) is 0 Å². The monoisotopic (exact) mass is 452 g/mol. The molecule has 0 spiro atoms. The number of piperidine rings is 1. The van der Waals surface area contributed by atoms with E-state index < -0.39 is 0 Å². The maximum Gasteiger partial charge on any atom is 0.229 e. The van der Waals surface area contributed by atoms with Crippen LogP contribution in [0, 0.1) is 11.3 Å². The van der Waals surface area contributed by atoms with Gasteiger partial charge in [0.2, 0.25) is 5.90 Å². The number of nitrogens with zero attached hydrogens (tertiary/aromatic N) is 2. The van der Waals surface area contributed by atoms with Crippen LogP contribution in [0.25, 0.3) is 0 Å². The van der Waals surface area contributed by atoms with Crippen molar-refractivity contribution >= 4 is 29.1 Å². The van der Waals surface area contributed by atoms with E-state index in [0.717, 1.165) is 31.5 Å². The Labute approximate surface area is 188 Å². The van der Waals surface area contributed by atoms with Crippen molar-refractivity contribution in [3.63, 3.8) is 0 Å². The molecule has 2 aliphatic heterocycles. The number of benzene rings is 1. The number of rotatable bonds is 6. The molecule has 9 heteroatoms. The Morgan fingerprint density at radius 3 is 2.77 bits per heavy atom. The predicted octanol–water partition coefficient (Wildman–Crippen LogP) is 2.70. The van der Waals surface area contributed by atoms with E-state index in [-0.39, 0.29) is 11.6 Å². The topological polar surface area (TPSA) is 104 Å². The van der Waals surface area contributed by atoms with Gasteiger partial charge in [0.05, 0.1) is 18.0 Å². The second-order valence-corrected chi connectivity index (χ2v) is 8.71. The molecule has 6 N–H and O–H groups in total. The van der Waals surface area contributed by atoms with Crippen LogP contribution in [0.5, 0.6) is 0 Å². The second-order valence-electron chi connectivity index (χ2n) is 7.87. The molecule has 1 aromatic carbocycles. The molecular formula is C21H30Cl2N6O. The molecule has 0 amide bonds. The first-order valence-corrected chi connectivity index (χ1v) is 10.9. The lowest BCUT2D eigenvalue weighted by Crippen LogP contribution is -2.41. The largest absolute Gasteiger partial charge is 0.476 e. The average molecular weight is 453 g/mol. The number of hydrogen-bond donors (Lipinski definition) is 4. The zero-order chi connectivity index (χ0) is 21.7. The molecule has 2 aliphatic rings. The molecule has 0 atom stereocenters. The Morgan fingerprint density at radius 2 is 2.03 bits per heavy atom. The lowest BCUT2D eigenvalue weighted by molar-refractivity contribution is 0.153. The van der Waals surface area contributed by atoms with Crippen molar-refractivity contribution in [1.82, 2.24) is 15.1 Å². The quantitative estimate of drug-likeness (QED) is 0.390. The minimum Gasteiger partial charge on any atom is -0.476 e. The Bertz CT molecular complexity index is 833. The van der Waals surface area contributed by atoms with E-state index >= 15 is 0 Å². The summed E-state index contributed by atoms with van der Waals surface area (Å²) in [5.74, 6) is 0.933. The number of nitrogens with one attached hydrogen (secondary N) is 2. The third-order valence-electron chi connectivity index (χ3n) is 5.54. The molecule has 30 heavy (non-hydrogen) atoms. The van der Waals surface area contributed by atoms with E-state index in [0.29, 0.717) is 53.7 Å². The van der Waals surface area contributed by atoms with Crippen molar-refractivity contribution in [2.45, 2.75) is 19.4 Å². The van der Waals surface area contributed by atoms with Crippen LogP contribution in [0.3, 0.4) is 0 Å². The van der Waals surface area contributed by atoms with E-state index in [1.807, 2.05) is 6.07 Å². The molecule has 0 saturated carbocycles. The molecule has 0 radical (unpaired) electrons. The van der Waals surface area contributed by atoms with E-state index in [4.69, 9.17) is 44.8 Å². The van der Waals surface area contributed by atoms with Gasteiger partial charge in [0.25, 0.3) is 0 Å². The Hall–Kier alpha value is -2.09. The number of likely N-dealkylation sites (tertiary alicyclic amines) is 1. The van der Waals surface area contributed by atoms with Crippen LogP contribution >= 0.6 is 23.2 Å². The summed E-state index contributed by atoms with van der Waals surface area (Å²) in [6.45, 7) is 4.57. The highest BCUT2D eigenvalue weighted by molar-refractivity contribution is 6.33. The van der Waals surface area contributed by atoms with Crippen LogP contribution in [0.2, 0.25) is 10.0 Å².